The summed E-state index contributed by atoms with van der Waals surface area (Å²) in [4.78, 5) is 112. The number of nitrogens with one attached hydrogen (secondary N) is 2. The quantitative estimate of drug-likeness (QED) is 0.0324. The first-order valence-corrected chi connectivity index (χ1v) is 23.2. The number of carboxylic acid groups (broad SMARTS) is 2. The molecule has 2 amide bonds. The predicted octanol–water partition coefficient (Wildman–Crippen LogP) is 4.92. The zero-order valence-corrected chi connectivity index (χ0v) is 45.9. The Balaban J connectivity index is 0.00000102. The van der Waals surface area contributed by atoms with E-state index in [0.717, 1.165) is 0 Å². The summed E-state index contributed by atoms with van der Waals surface area (Å²) >= 11 is 22.6. The number of benzene rings is 2. The van der Waals surface area contributed by atoms with E-state index < -0.39 is 76.7 Å². The fourth-order valence-electron chi connectivity index (χ4n) is 3.99. The van der Waals surface area contributed by atoms with E-state index in [9.17, 15) is 47.9 Å². The Labute approximate surface area is 438 Å². The van der Waals surface area contributed by atoms with E-state index in [4.69, 9.17) is 63.8 Å². The van der Waals surface area contributed by atoms with Gasteiger partial charge in [0.1, 0.15) is 19.6 Å². The van der Waals surface area contributed by atoms with Crippen molar-refractivity contribution in [3.8, 4) is 0 Å². The van der Waals surface area contributed by atoms with Crippen molar-refractivity contribution < 1.29 is 77.1 Å². The van der Waals surface area contributed by atoms with Crippen LogP contribution in [0.25, 0.3) is 0 Å². The number of ether oxygens (including phenoxy) is 4. The number of carbonyl (C=O) groups is 10. The highest BCUT2D eigenvalue weighted by molar-refractivity contribution is 14.1. The SMILES string of the molecule is CC(=O)OCC(CNC(=O)c1c(I)c(N)c(I)c(C(=O)Cl)c1I)OC(C)=O.CC(=O)OCC(CNC(=O)c1c(I)c(N)c(I)c(C(=O)Cl)c1I)OC(C)=O.O=C(O)CC(=O)O. The number of nitrogens with two attached hydrogens (primary N) is 2. The molecule has 0 radical (unpaired) electrons. The van der Waals surface area contributed by atoms with E-state index in [2.05, 4.69) is 10.6 Å². The minimum atomic E-state index is -1.31. The molecule has 8 N–H and O–H groups in total. The summed E-state index contributed by atoms with van der Waals surface area (Å²) in [5.74, 6) is -5.95. The van der Waals surface area contributed by atoms with Crippen molar-refractivity contribution >= 4 is 228 Å². The van der Waals surface area contributed by atoms with Crippen molar-refractivity contribution in [1.29, 1.82) is 0 Å². The Morgan fingerprint density at radius 2 is 0.803 bits per heavy atom. The van der Waals surface area contributed by atoms with Gasteiger partial charge in [-0.2, -0.15) is 0 Å². The molecule has 2 rings (SSSR count). The zero-order chi connectivity index (χ0) is 47.6. The average molecular weight is 1570 g/mol. The molecule has 0 aromatic heterocycles. The molecule has 0 aliphatic carbocycles. The van der Waals surface area contributed by atoms with Crippen LogP contribution in [0.15, 0.2) is 0 Å². The van der Waals surface area contributed by atoms with Crippen molar-refractivity contribution in [3.63, 3.8) is 0 Å². The second-order valence-electron chi connectivity index (χ2n) is 11.2. The van der Waals surface area contributed by atoms with Crippen molar-refractivity contribution in [3.05, 3.63) is 43.7 Å². The molecule has 336 valence electrons. The number of nitrogen functional groups attached to an aromatic ring is 2. The lowest BCUT2D eigenvalue weighted by Crippen LogP contribution is -2.38. The summed E-state index contributed by atoms with van der Waals surface area (Å²) in [7, 11) is 0. The molecule has 0 aliphatic rings. The van der Waals surface area contributed by atoms with E-state index in [1.165, 1.54) is 27.7 Å². The van der Waals surface area contributed by atoms with Crippen LogP contribution >= 0.6 is 159 Å². The molecule has 28 heteroatoms. The number of hydrogen-bond donors (Lipinski definition) is 6. The van der Waals surface area contributed by atoms with Crippen molar-refractivity contribution in [1.82, 2.24) is 10.6 Å². The molecule has 0 spiro atoms. The van der Waals surface area contributed by atoms with Gasteiger partial charge in [0.2, 0.25) is 0 Å². The van der Waals surface area contributed by atoms with Crippen LogP contribution in [0.3, 0.4) is 0 Å². The van der Waals surface area contributed by atoms with Gasteiger partial charge < -0.3 is 51.3 Å². The number of carbonyl (C=O) groups excluding carboxylic acids is 8. The smallest absolute Gasteiger partial charge is 0.314 e. The maximum absolute atomic E-state index is 12.7. The molecule has 0 saturated carbocycles. The van der Waals surface area contributed by atoms with Crippen molar-refractivity contribution in [2.45, 2.75) is 46.3 Å². The molecule has 2 aromatic carbocycles. The van der Waals surface area contributed by atoms with Crippen LogP contribution in [0.4, 0.5) is 11.4 Å². The third-order valence-corrected chi connectivity index (χ3v) is 13.5. The Morgan fingerprint density at radius 1 is 0.525 bits per heavy atom. The first-order valence-electron chi connectivity index (χ1n) is 16.0. The molecular weight excluding hydrogens is 1540 g/mol. The number of halogens is 8. The lowest BCUT2D eigenvalue weighted by molar-refractivity contribution is -0.155. The molecule has 0 bridgehead atoms. The molecule has 0 aliphatic heterocycles. The van der Waals surface area contributed by atoms with Gasteiger partial charge in [-0.15, -0.1) is 0 Å². The summed E-state index contributed by atoms with van der Waals surface area (Å²) in [5.41, 5.74) is 13.2. The summed E-state index contributed by atoms with van der Waals surface area (Å²) in [6, 6.07) is 0. The van der Waals surface area contributed by atoms with Crippen molar-refractivity contribution in [2.75, 3.05) is 37.8 Å². The van der Waals surface area contributed by atoms with Gasteiger partial charge in [-0.1, -0.05) is 0 Å². The number of esters is 4. The van der Waals surface area contributed by atoms with Gasteiger partial charge in [0.05, 0.1) is 61.0 Å². The Kier molecular flexibility index (Phi) is 27.9. The highest BCUT2D eigenvalue weighted by Crippen LogP contribution is 2.36. The van der Waals surface area contributed by atoms with E-state index >= 15 is 0 Å². The van der Waals surface area contributed by atoms with Crippen LogP contribution in [0.5, 0.6) is 0 Å². The number of carboxylic acids is 2. The summed E-state index contributed by atoms with van der Waals surface area (Å²) < 4.78 is 22.2. The molecule has 2 atom stereocenters. The predicted molar refractivity (Wildman–Crippen MR) is 267 cm³/mol. The Morgan fingerprint density at radius 3 is 1.02 bits per heavy atom. The molecule has 20 nitrogen and oxygen atoms in total. The molecule has 2 aromatic rings. The molecule has 0 saturated heterocycles. The third-order valence-electron chi connectivity index (χ3n) is 6.44. The lowest BCUT2D eigenvalue weighted by atomic mass is 10.1. The van der Waals surface area contributed by atoms with Crippen LogP contribution in [0.1, 0.15) is 75.5 Å². The topological polar surface area (TPSA) is 324 Å². The van der Waals surface area contributed by atoms with Crippen LogP contribution in [-0.2, 0) is 47.7 Å². The van der Waals surface area contributed by atoms with E-state index in [1.807, 2.05) is 136 Å². The molecular formula is C33H32Cl2I6N4O16. The van der Waals surface area contributed by atoms with Crippen LogP contribution in [0.2, 0.25) is 0 Å². The van der Waals surface area contributed by atoms with E-state index in [-0.39, 0.29) is 59.9 Å². The second-order valence-corrected chi connectivity index (χ2v) is 18.4. The van der Waals surface area contributed by atoms with Crippen LogP contribution < -0.4 is 22.1 Å². The highest BCUT2D eigenvalue weighted by Gasteiger charge is 2.28. The van der Waals surface area contributed by atoms with E-state index in [1.54, 1.807) is 0 Å². The first kappa shape index (κ1) is 59.1. The van der Waals surface area contributed by atoms with Gasteiger partial charge >= 0.3 is 35.8 Å². The number of aliphatic carboxylic acids is 2. The first-order chi connectivity index (χ1) is 28.1. The fourth-order valence-corrected chi connectivity index (χ4v) is 13.3. The van der Waals surface area contributed by atoms with Gasteiger partial charge in [0.25, 0.3) is 22.3 Å². The minimum absolute atomic E-state index is 0.103. The van der Waals surface area contributed by atoms with Gasteiger partial charge in [0, 0.05) is 34.8 Å². The lowest BCUT2D eigenvalue weighted by Gasteiger charge is -2.19. The number of hydrogen-bond acceptors (Lipinski definition) is 16. The monoisotopic (exact) mass is 1570 g/mol. The van der Waals surface area contributed by atoms with Gasteiger partial charge in [-0.25, -0.2) is 0 Å². The normalized spacial score (nSPS) is 11.1. The number of anilines is 2. The number of rotatable bonds is 16. The molecule has 0 fully saturated rings. The number of amides is 2. The van der Waals surface area contributed by atoms with Crippen LogP contribution in [-0.4, -0.2) is 107 Å². The Hall–Kier alpha value is -1.90. The van der Waals surface area contributed by atoms with E-state index in [0.29, 0.717) is 21.4 Å². The maximum atomic E-state index is 12.7. The summed E-state index contributed by atoms with van der Waals surface area (Å²) in [6.07, 6.45) is -2.53. The summed E-state index contributed by atoms with van der Waals surface area (Å²) in [6.45, 7) is 4.22. The standard InChI is InChI=1S/2C15H14ClI3N2O6.C3H4O4/c2*1-5(22)26-4-7(27-6(2)23)3-21-15(25)9-10(17)8(14(16)24)11(18)13(20)12(9)19;4-2(5)1-3(6)7/h2*7H,3-4,20H2,1-2H3,(H,21,25);1H2,(H,4,5)(H,6,7). The van der Waals surface area contributed by atoms with Gasteiger partial charge in [-0.05, 0) is 159 Å². The third kappa shape index (κ3) is 20.7. The fraction of sp³-hybridized carbons (Fsp3) is 0.333. The summed E-state index contributed by atoms with van der Waals surface area (Å²) in [5, 5.41) is 19.1. The van der Waals surface area contributed by atoms with Gasteiger partial charge in [0.15, 0.2) is 12.2 Å². The largest absolute Gasteiger partial charge is 0.481 e. The molecule has 0 heterocycles. The Bertz CT molecular complexity index is 1950. The zero-order valence-electron chi connectivity index (χ0n) is 31.5. The van der Waals surface area contributed by atoms with Gasteiger partial charge in [-0.3, -0.25) is 47.9 Å². The minimum Gasteiger partial charge on any atom is -0.481 e. The second kappa shape index (κ2) is 28.8. The molecule has 2 unspecified atom stereocenters. The molecule has 61 heavy (non-hydrogen) atoms. The van der Waals surface area contributed by atoms with Crippen molar-refractivity contribution in [2.24, 2.45) is 0 Å². The highest BCUT2D eigenvalue weighted by atomic mass is 127. The maximum Gasteiger partial charge on any atom is 0.314 e. The van der Waals surface area contributed by atoms with Crippen LogP contribution in [0, 0.1) is 21.4 Å². The average Bonchev–Trinajstić information content (AvgIpc) is 3.11.